The molecule has 0 unspecified atom stereocenters. The topological polar surface area (TPSA) is 134 Å². The zero-order chi connectivity index (χ0) is 15.5. The first-order valence-corrected chi connectivity index (χ1v) is 7.45. The summed E-state index contributed by atoms with van der Waals surface area (Å²) in [7, 11) is -3.71. The maximum atomic E-state index is 12.2. The summed E-state index contributed by atoms with van der Waals surface area (Å²) in [5.74, 6) is 0.296. The maximum absolute atomic E-state index is 12.2. The molecule has 21 heavy (non-hydrogen) atoms. The van der Waals surface area contributed by atoms with Gasteiger partial charge in [0.15, 0.2) is 0 Å². The highest BCUT2D eigenvalue weighted by atomic mass is 32.2. The van der Waals surface area contributed by atoms with Crippen LogP contribution in [0.3, 0.4) is 0 Å². The Balaban J connectivity index is 2.18. The van der Waals surface area contributed by atoms with Crippen LogP contribution in [0.4, 0.5) is 5.69 Å². The SMILES string of the molecule is Cc1[nH]ncc1S(=O)(=O)Nc1cccc(OCC(=N)N)c1. The van der Waals surface area contributed by atoms with E-state index in [9.17, 15) is 8.42 Å². The smallest absolute Gasteiger partial charge is 0.265 e. The van der Waals surface area contributed by atoms with Crippen molar-refractivity contribution in [2.24, 2.45) is 5.73 Å². The third-order valence-corrected chi connectivity index (χ3v) is 4.05. The van der Waals surface area contributed by atoms with Gasteiger partial charge in [0.25, 0.3) is 10.0 Å². The summed E-state index contributed by atoms with van der Waals surface area (Å²) in [5, 5.41) is 13.4. The number of hydrogen-bond donors (Lipinski definition) is 4. The average Bonchev–Trinajstić information content (AvgIpc) is 2.83. The van der Waals surface area contributed by atoms with Crippen LogP contribution in [0, 0.1) is 12.3 Å². The van der Waals surface area contributed by atoms with Crippen molar-refractivity contribution in [1.29, 1.82) is 5.41 Å². The number of nitrogens with zero attached hydrogens (tertiary/aromatic N) is 1. The van der Waals surface area contributed by atoms with Gasteiger partial charge in [0.2, 0.25) is 0 Å². The molecule has 1 aromatic heterocycles. The van der Waals surface area contributed by atoms with E-state index in [1.165, 1.54) is 12.3 Å². The van der Waals surface area contributed by atoms with Gasteiger partial charge in [-0.25, -0.2) is 8.42 Å². The monoisotopic (exact) mass is 309 g/mol. The number of hydrogen-bond acceptors (Lipinski definition) is 5. The van der Waals surface area contributed by atoms with Crippen molar-refractivity contribution in [3.63, 3.8) is 0 Å². The number of aromatic nitrogens is 2. The van der Waals surface area contributed by atoms with Crippen molar-refractivity contribution in [3.05, 3.63) is 36.2 Å². The molecule has 0 aliphatic heterocycles. The third-order valence-electron chi connectivity index (χ3n) is 2.55. The molecule has 0 saturated heterocycles. The number of anilines is 1. The van der Waals surface area contributed by atoms with Gasteiger partial charge in [-0.3, -0.25) is 15.2 Å². The van der Waals surface area contributed by atoms with E-state index in [2.05, 4.69) is 14.9 Å². The Morgan fingerprint density at radius 2 is 2.29 bits per heavy atom. The lowest BCUT2D eigenvalue weighted by Crippen LogP contribution is -2.19. The number of aromatic amines is 1. The Kier molecular flexibility index (Phi) is 4.13. The second kappa shape index (κ2) is 5.83. The number of benzene rings is 1. The Hall–Kier alpha value is -2.55. The standard InChI is InChI=1S/C12H15N5O3S/c1-8-11(6-15-16-8)21(18,19)17-9-3-2-4-10(5-9)20-7-12(13)14/h2-6,17H,7H2,1H3,(H3,13,14)(H,15,16). The number of aryl methyl sites for hydroxylation is 1. The molecule has 0 atom stereocenters. The van der Waals surface area contributed by atoms with Gasteiger partial charge in [0.05, 0.1) is 17.6 Å². The van der Waals surface area contributed by atoms with Gasteiger partial charge in [-0.2, -0.15) is 5.10 Å². The summed E-state index contributed by atoms with van der Waals surface area (Å²) in [5.41, 5.74) is 5.99. The first kappa shape index (κ1) is 14.9. The van der Waals surface area contributed by atoms with Gasteiger partial charge in [0.1, 0.15) is 23.1 Å². The van der Waals surface area contributed by atoms with E-state index in [0.717, 1.165) is 0 Å². The van der Waals surface area contributed by atoms with Crippen LogP contribution in [-0.4, -0.2) is 31.1 Å². The molecular formula is C12H15N5O3S. The van der Waals surface area contributed by atoms with E-state index in [-0.39, 0.29) is 17.3 Å². The number of ether oxygens (including phenoxy) is 1. The molecule has 0 fully saturated rings. The Morgan fingerprint density at radius 1 is 1.52 bits per heavy atom. The summed E-state index contributed by atoms with van der Waals surface area (Å²) in [4.78, 5) is 0.0811. The molecule has 112 valence electrons. The maximum Gasteiger partial charge on any atom is 0.265 e. The highest BCUT2D eigenvalue weighted by Gasteiger charge is 2.18. The summed E-state index contributed by atoms with van der Waals surface area (Å²) < 4.78 is 32.1. The number of rotatable bonds is 6. The first-order valence-electron chi connectivity index (χ1n) is 5.97. The van der Waals surface area contributed by atoms with E-state index in [1.807, 2.05) is 0 Å². The van der Waals surface area contributed by atoms with Crippen molar-refractivity contribution in [2.75, 3.05) is 11.3 Å². The highest BCUT2D eigenvalue weighted by molar-refractivity contribution is 7.92. The number of H-pyrrole nitrogens is 1. The molecular weight excluding hydrogens is 294 g/mol. The van der Waals surface area contributed by atoms with Gasteiger partial charge in [-0.05, 0) is 19.1 Å². The van der Waals surface area contributed by atoms with Crippen molar-refractivity contribution >= 4 is 21.5 Å². The van der Waals surface area contributed by atoms with Crippen molar-refractivity contribution in [2.45, 2.75) is 11.8 Å². The molecule has 2 rings (SSSR count). The summed E-state index contributed by atoms with van der Waals surface area (Å²) in [6.07, 6.45) is 1.24. The number of amidine groups is 1. The predicted octanol–water partition coefficient (Wildman–Crippen LogP) is 0.834. The molecule has 1 heterocycles. The fourth-order valence-electron chi connectivity index (χ4n) is 1.63. The van der Waals surface area contributed by atoms with Gasteiger partial charge in [-0.15, -0.1) is 0 Å². The fraction of sp³-hybridized carbons (Fsp3) is 0.167. The van der Waals surface area contributed by atoms with Crippen molar-refractivity contribution in [1.82, 2.24) is 10.2 Å². The molecule has 0 aliphatic carbocycles. The van der Waals surface area contributed by atoms with Crippen LogP contribution in [0.5, 0.6) is 5.75 Å². The number of nitrogens with two attached hydrogens (primary N) is 1. The first-order chi connectivity index (χ1) is 9.88. The van der Waals surface area contributed by atoms with E-state index in [0.29, 0.717) is 17.1 Å². The van der Waals surface area contributed by atoms with Gasteiger partial charge >= 0.3 is 0 Å². The molecule has 0 saturated carbocycles. The highest BCUT2D eigenvalue weighted by Crippen LogP contribution is 2.21. The van der Waals surface area contributed by atoms with Crippen LogP contribution >= 0.6 is 0 Å². The van der Waals surface area contributed by atoms with Crippen LogP contribution in [0.15, 0.2) is 35.4 Å². The zero-order valence-corrected chi connectivity index (χ0v) is 12.1. The van der Waals surface area contributed by atoms with Crippen molar-refractivity contribution in [3.8, 4) is 5.75 Å². The normalized spacial score (nSPS) is 11.1. The molecule has 0 aliphatic rings. The third kappa shape index (κ3) is 3.72. The second-order valence-corrected chi connectivity index (χ2v) is 5.96. The molecule has 9 heteroatoms. The van der Waals surface area contributed by atoms with Crippen molar-refractivity contribution < 1.29 is 13.2 Å². The summed E-state index contributed by atoms with van der Waals surface area (Å²) >= 11 is 0. The molecule has 0 radical (unpaired) electrons. The van der Waals surface area contributed by atoms with E-state index in [4.69, 9.17) is 15.9 Å². The Morgan fingerprint density at radius 3 is 2.90 bits per heavy atom. The van der Waals surface area contributed by atoms with Crippen LogP contribution < -0.4 is 15.2 Å². The van der Waals surface area contributed by atoms with E-state index >= 15 is 0 Å². The number of sulfonamides is 1. The minimum absolute atomic E-state index is 0.0585. The lowest BCUT2D eigenvalue weighted by Gasteiger charge is -2.09. The largest absolute Gasteiger partial charge is 0.486 e. The minimum Gasteiger partial charge on any atom is -0.486 e. The Bertz CT molecular complexity index is 754. The van der Waals surface area contributed by atoms with E-state index < -0.39 is 10.0 Å². The lowest BCUT2D eigenvalue weighted by atomic mass is 10.3. The molecule has 0 amide bonds. The Labute approximate surface area is 121 Å². The van der Waals surface area contributed by atoms with Gasteiger partial charge < -0.3 is 10.5 Å². The summed E-state index contributed by atoms with van der Waals surface area (Å²) in [6, 6.07) is 6.38. The molecule has 0 bridgehead atoms. The van der Waals surface area contributed by atoms with Crippen LogP contribution in [0.25, 0.3) is 0 Å². The molecule has 0 spiro atoms. The predicted molar refractivity (Wildman–Crippen MR) is 78.0 cm³/mol. The molecule has 8 nitrogen and oxygen atoms in total. The molecule has 1 aromatic carbocycles. The fourth-order valence-corrected chi connectivity index (χ4v) is 2.82. The van der Waals surface area contributed by atoms with Gasteiger partial charge in [-0.1, -0.05) is 6.07 Å². The van der Waals surface area contributed by atoms with Gasteiger partial charge in [0, 0.05) is 6.07 Å². The number of nitrogens with one attached hydrogen (secondary N) is 3. The average molecular weight is 309 g/mol. The molecule has 2 aromatic rings. The lowest BCUT2D eigenvalue weighted by molar-refractivity contribution is 0.374. The van der Waals surface area contributed by atoms with Crippen LogP contribution in [-0.2, 0) is 10.0 Å². The van der Waals surface area contributed by atoms with Crippen LogP contribution in [0.2, 0.25) is 0 Å². The second-order valence-electron chi connectivity index (χ2n) is 4.31. The summed E-state index contributed by atoms with van der Waals surface area (Å²) in [6.45, 7) is 1.56. The van der Waals surface area contributed by atoms with E-state index in [1.54, 1.807) is 25.1 Å². The zero-order valence-electron chi connectivity index (χ0n) is 11.3. The minimum atomic E-state index is -3.71. The molecule has 5 N–H and O–H groups in total. The quantitative estimate of drug-likeness (QED) is 0.463. The van der Waals surface area contributed by atoms with Crippen LogP contribution in [0.1, 0.15) is 5.69 Å².